The van der Waals surface area contributed by atoms with Crippen molar-refractivity contribution in [2.24, 2.45) is 0 Å². The van der Waals surface area contributed by atoms with Gasteiger partial charge in [-0.3, -0.25) is 4.79 Å². The number of nitrogen functional groups attached to an aromatic ring is 1. The molecule has 0 bridgehead atoms. The molecular formula is C12H19N3O5S. The number of anilines is 1. The molecule has 0 unspecified atom stereocenters. The predicted molar refractivity (Wildman–Crippen MR) is 77.5 cm³/mol. The molecule has 4 N–H and O–H groups in total. The number of carbonyl (C=O) groups is 1. The Kier molecular flexibility index (Phi) is 6.40. The average molecular weight is 317 g/mol. The number of carbonyl (C=O) groups excluding carboxylic acids is 1. The zero-order chi connectivity index (χ0) is 15.9. The van der Waals surface area contributed by atoms with Gasteiger partial charge in [0.15, 0.2) is 0 Å². The van der Waals surface area contributed by atoms with E-state index in [1.807, 2.05) is 0 Å². The molecule has 0 heterocycles. The SMILES string of the molecule is COCCNC(=O)CNS(=O)(=O)c1ccc(OC)cc1N. The van der Waals surface area contributed by atoms with Gasteiger partial charge in [0, 0.05) is 19.7 Å². The summed E-state index contributed by atoms with van der Waals surface area (Å²) < 4.78 is 36.0. The van der Waals surface area contributed by atoms with Crippen LogP contribution in [0.1, 0.15) is 0 Å². The third kappa shape index (κ3) is 5.21. The second kappa shape index (κ2) is 7.81. The largest absolute Gasteiger partial charge is 0.497 e. The van der Waals surface area contributed by atoms with Crippen molar-refractivity contribution in [3.05, 3.63) is 18.2 Å². The zero-order valence-corrected chi connectivity index (χ0v) is 12.7. The van der Waals surface area contributed by atoms with Gasteiger partial charge in [-0.1, -0.05) is 0 Å². The van der Waals surface area contributed by atoms with E-state index in [4.69, 9.17) is 15.2 Å². The fraction of sp³-hybridized carbons (Fsp3) is 0.417. The second-order valence-corrected chi connectivity index (χ2v) is 5.81. The Balaban J connectivity index is 2.67. The Morgan fingerprint density at radius 1 is 1.33 bits per heavy atom. The van der Waals surface area contributed by atoms with Gasteiger partial charge < -0.3 is 20.5 Å². The molecule has 1 aromatic rings. The lowest BCUT2D eigenvalue weighted by Gasteiger charge is -2.10. The van der Waals surface area contributed by atoms with Crippen molar-refractivity contribution in [3.63, 3.8) is 0 Å². The minimum Gasteiger partial charge on any atom is -0.497 e. The molecule has 0 saturated carbocycles. The van der Waals surface area contributed by atoms with E-state index in [9.17, 15) is 13.2 Å². The van der Waals surface area contributed by atoms with Crippen molar-refractivity contribution in [2.75, 3.05) is 39.6 Å². The Morgan fingerprint density at radius 3 is 2.62 bits per heavy atom. The normalized spacial score (nSPS) is 11.1. The summed E-state index contributed by atoms with van der Waals surface area (Å²) in [6.07, 6.45) is 0. The van der Waals surface area contributed by atoms with Crippen molar-refractivity contribution in [1.82, 2.24) is 10.0 Å². The van der Waals surface area contributed by atoms with E-state index in [1.165, 1.54) is 32.4 Å². The zero-order valence-electron chi connectivity index (χ0n) is 11.9. The van der Waals surface area contributed by atoms with Gasteiger partial charge in [0.25, 0.3) is 0 Å². The summed E-state index contributed by atoms with van der Waals surface area (Å²) >= 11 is 0. The van der Waals surface area contributed by atoms with Crippen LogP contribution in [0.2, 0.25) is 0 Å². The summed E-state index contributed by atoms with van der Waals surface area (Å²) in [5.74, 6) is -0.00790. The molecule has 0 radical (unpaired) electrons. The van der Waals surface area contributed by atoms with Gasteiger partial charge in [-0.05, 0) is 12.1 Å². The molecule has 1 aromatic carbocycles. The van der Waals surface area contributed by atoms with Crippen molar-refractivity contribution < 1.29 is 22.7 Å². The van der Waals surface area contributed by atoms with Crippen LogP contribution in [-0.2, 0) is 19.6 Å². The third-order valence-electron chi connectivity index (χ3n) is 2.56. The number of sulfonamides is 1. The van der Waals surface area contributed by atoms with Crippen LogP contribution in [0.5, 0.6) is 5.75 Å². The second-order valence-electron chi connectivity index (χ2n) is 4.07. The molecule has 0 aliphatic heterocycles. The first-order chi connectivity index (χ1) is 9.90. The molecule has 1 rings (SSSR count). The van der Waals surface area contributed by atoms with E-state index in [0.717, 1.165) is 0 Å². The van der Waals surface area contributed by atoms with E-state index < -0.39 is 15.9 Å². The van der Waals surface area contributed by atoms with Gasteiger partial charge in [-0.25, -0.2) is 13.1 Å². The highest BCUT2D eigenvalue weighted by molar-refractivity contribution is 7.89. The number of methoxy groups -OCH3 is 2. The molecule has 0 aliphatic rings. The third-order valence-corrected chi connectivity index (χ3v) is 4.03. The number of ether oxygens (including phenoxy) is 2. The summed E-state index contributed by atoms with van der Waals surface area (Å²) in [5, 5.41) is 2.50. The van der Waals surface area contributed by atoms with Gasteiger partial charge in [0.05, 0.1) is 25.9 Å². The quantitative estimate of drug-likeness (QED) is 0.431. The van der Waals surface area contributed by atoms with Crippen LogP contribution >= 0.6 is 0 Å². The number of rotatable bonds is 8. The lowest BCUT2D eigenvalue weighted by Crippen LogP contribution is -2.38. The fourth-order valence-corrected chi connectivity index (χ4v) is 2.58. The number of benzene rings is 1. The number of amides is 1. The van der Waals surface area contributed by atoms with Crippen LogP contribution in [0.4, 0.5) is 5.69 Å². The van der Waals surface area contributed by atoms with E-state index in [-0.39, 0.29) is 17.1 Å². The topological polar surface area (TPSA) is 120 Å². The number of nitrogens with one attached hydrogen (secondary N) is 2. The van der Waals surface area contributed by atoms with Gasteiger partial charge in [0.2, 0.25) is 15.9 Å². The van der Waals surface area contributed by atoms with Crippen LogP contribution < -0.4 is 20.5 Å². The molecule has 9 heteroatoms. The van der Waals surface area contributed by atoms with E-state index in [1.54, 1.807) is 0 Å². The first-order valence-electron chi connectivity index (χ1n) is 6.09. The predicted octanol–water partition coefficient (Wildman–Crippen LogP) is -0.682. The monoisotopic (exact) mass is 317 g/mol. The maximum absolute atomic E-state index is 12.1. The molecule has 0 saturated heterocycles. The van der Waals surface area contributed by atoms with Gasteiger partial charge in [0.1, 0.15) is 10.6 Å². The first kappa shape index (κ1) is 17.2. The lowest BCUT2D eigenvalue weighted by molar-refractivity contribution is -0.120. The molecule has 0 atom stereocenters. The Labute approximate surface area is 123 Å². The molecule has 0 fully saturated rings. The molecule has 8 nitrogen and oxygen atoms in total. The Hall–Kier alpha value is -1.84. The summed E-state index contributed by atoms with van der Waals surface area (Å²) in [6.45, 7) is 0.281. The van der Waals surface area contributed by atoms with Crippen LogP contribution in [0.3, 0.4) is 0 Å². The number of hydrogen-bond acceptors (Lipinski definition) is 6. The van der Waals surface area contributed by atoms with E-state index >= 15 is 0 Å². The minimum atomic E-state index is -3.86. The Bertz CT molecular complexity index is 589. The fourth-order valence-electron chi connectivity index (χ4n) is 1.49. The summed E-state index contributed by atoms with van der Waals surface area (Å²) in [4.78, 5) is 11.3. The summed E-state index contributed by atoms with van der Waals surface area (Å²) in [7, 11) is -0.913. The first-order valence-corrected chi connectivity index (χ1v) is 7.58. The van der Waals surface area contributed by atoms with Crippen molar-refractivity contribution in [2.45, 2.75) is 4.90 Å². The van der Waals surface area contributed by atoms with E-state index in [2.05, 4.69) is 10.0 Å². The van der Waals surface area contributed by atoms with Crippen LogP contribution in [0.25, 0.3) is 0 Å². The molecule has 0 aromatic heterocycles. The van der Waals surface area contributed by atoms with Crippen molar-refractivity contribution in [1.29, 1.82) is 0 Å². The molecule has 0 spiro atoms. The van der Waals surface area contributed by atoms with Gasteiger partial charge in [-0.15, -0.1) is 0 Å². The van der Waals surface area contributed by atoms with Crippen LogP contribution in [0.15, 0.2) is 23.1 Å². The van der Waals surface area contributed by atoms with Gasteiger partial charge >= 0.3 is 0 Å². The Morgan fingerprint density at radius 2 is 2.05 bits per heavy atom. The molecular weight excluding hydrogens is 298 g/mol. The van der Waals surface area contributed by atoms with Crippen molar-refractivity contribution in [3.8, 4) is 5.75 Å². The highest BCUT2D eigenvalue weighted by Gasteiger charge is 2.18. The molecule has 1 amide bonds. The lowest BCUT2D eigenvalue weighted by atomic mass is 10.3. The van der Waals surface area contributed by atoms with Crippen LogP contribution in [0, 0.1) is 0 Å². The molecule has 0 aliphatic carbocycles. The average Bonchev–Trinajstić information content (AvgIpc) is 2.45. The minimum absolute atomic E-state index is 0.0432. The maximum atomic E-state index is 12.1. The molecule has 118 valence electrons. The highest BCUT2D eigenvalue weighted by atomic mass is 32.2. The standard InChI is InChI=1S/C12H19N3O5S/c1-19-6-5-14-12(16)8-15-21(17,18)11-4-3-9(20-2)7-10(11)13/h3-4,7,15H,5-6,8,13H2,1-2H3,(H,14,16). The summed E-state index contributed by atoms with van der Waals surface area (Å²) in [6, 6.07) is 4.19. The highest BCUT2D eigenvalue weighted by Crippen LogP contribution is 2.23. The number of hydrogen-bond donors (Lipinski definition) is 3. The van der Waals surface area contributed by atoms with E-state index in [0.29, 0.717) is 18.9 Å². The summed E-state index contributed by atoms with van der Waals surface area (Å²) in [5.41, 5.74) is 5.71. The molecule has 21 heavy (non-hydrogen) atoms. The van der Waals surface area contributed by atoms with Crippen LogP contribution in [-0.4, -0.2) is 48.2 Å². The maximum Gasteiger partial charge on any atom is 0.243 e. The van der Waals surface area contributed by atoms with Gasteiger partial charge in [-0.2, -0.15) is 0 Å². The smallest absolute Gasteiger partial charge is 0.243 e. The van der Waals surface area contributed by atoms with Crippen molar-refractivity contribution >= 4 is 21.6 Å². The number of nitrogens with two attached hydrogens (primary N) is 1.